The Morgan fingerprint density at radius 2 is 1.91 bits per heavy atom. The van der Waals surface area contributed by atoms with Crippen LogP contribution >= 0.6 is 27.5 Å². The topological polar surface area (TPSA) is 108 Å². The number of hydrogen-bond donors (Lipinski definition) is 3. The summed E-state index contributed by atoms with van der Waals surface area (Å²) in [5.74, 6) is 1.20. The molecule has 0 unspecified atom stereocenters. The van der Waals surface area contributed by atoms with E-state index in [1.807, 2.05) is 30.0 Å². The summed E-state index contributed by atoms with van der Waals surface area (Å²) in [6.45, 7) is 4.58. The number of hydrogen-bond acceptors (Lipinski definition) is 9. The van der Waals surface area contributed by atoms with E-state index in [9.17, 15) is 5.11 Å². The number of phenolic OH excluding ortho intramolecular Hbond substituents is 1. The van der Waals surface area contributed by atoms with Gasteiger partial charge in [-0.2, -0.15) is 20.1 Å². The Morgan fingerprint density at radius 1 is 1.12 bits per heavy atom. The van der Waals surface area contributed by atoms with Gasteiger partial charge in [0.1, 0.15) is 5.75 Å². The predicted molar refractivity (Wildman–Crippen MR) is 129 cm³/mol. The van der Waals surface area contributed by atoms with Crippen LogP contribution in [0.5, 0.6) is 5.75 Å². The molecule has 166 valence electrons. The number of hydrazone groups is 1. The van der Waals surface area contributed by atoms with Gasteiger partial charge < -0.3 is 20.1 Å². The summed E-state index contributed by atoms with van der Waals surface area (Å²) in [5.41, 5.74) is 5.24. The number of phenols is 1. The van der Waals surface area contributed by atoms with Gasteiger partial charge in [0.25, 0.3) is 0 Å². The smallest absolute Gasteiger partial charge is 0.250 e. The van der Waals surface area contributed by atoms with E-state index in [-0.39, 0.29) is 11.7 Å². The Balaban J connectivity index is 1.60. The molecule has 3 aromatic rings. The van der Waals surface area contributed by atoms with Crippen molar-refractivity contribution >= 4 is 57.3 Å². The highest BCUT2D eigenvalue weighted by molar-refractivity contribution is 9.10. The molecule has 0 atom stereocenters. The third-order valence-corrected chi connectivity index (χ3v) is 5.54. The summed E-state index contributed by atoms with van der Waals surface area (Å²) >= 11 is 9.55. The van der Waals surface area contributed by atoms with Crippen LogP contribution in [0.2, 0.25) is 5.02 Å². The molecule has 0 saturated carbocycles. The van der Waals surface area contributed by atoms with Crippen LogP contribution in [0.25, 0.3) is 0 Å². The van der Waals surface area contributed by atoms with Crippen LogP contribution in [0.4, 0.5) is 23.5 Å². The fraction of sp³-hybridized carbons (Fsp3) is 0.238. The van der Waals surface area contributed by atoms with Crippen molar-refractivity contribution in [1.29, 1.82) is 0 Å². The Bertz CT molecular complexity index is 1140. The van der Waals surface area contributed by atoms with Gasteiger partial charge in [0.05, 0.1) is 25.1 Å². The van der Waals surface area contributed by atoms with Crippen molar-refractivity contribution in [2.75, 3.05) is 41.9 Å². The zero-order valence-corrected chi connectivity index (χ0v) is 19.6. The van der Waals surface area contributed by atoms with E-state index < -0.39 is 0 Å². The standard InChI is InChI=1S/C21H21BrClN7O2/c1-13-2-4-17(16(22)10-13)25-19-26-20(28-21(27-19)30-6-8-32-9-7-30)29-24-12-14-11-15(23)3-5-18(14)31/h2-5,10-12,31H,6-9H2,1H3,(H2,25,26,27,28,29)/b24-12+. The van der Waals surface area contributed by atoms with E-state index in [0.29, 0.717) is 48.8 Å². The van der Waals surface area contributed by atoms with Crippen molar-refractivity contribution in [3.63, 3.8) is 0 Å². The second kappa shape index (κ2) is 10.1. The molecule has 0 radical (unpaired) electrons. The fourth-order valence-corrected chi connectivity index (χ4v) is 3.78. The zero-order valence-electron chi connectivity index (χ0n) is 17.2. The largest absolute Gasteiger partial charge is 0.507 e. The van der Waals surface area contributed by atoms with E-state index in [2.05, 4.69) is 46.7 Å². The molecule has 9 nitrogen and oxygen atoms in total. The highest BCUT2D eigenvalue weighted by atomic mass is 79.9. The second-order valence-corrected chi connectivity index (χ2v) is 8.35. The summed E-state index contributed by atoms with van der Waals surface area (Å²) in [5, 5.41) is 17.8. The molecule has 0 aliphatic carbocycles. The predicted octanol–water partition coefficient (Wildman–Crippen LogP) is 4.33. The molecule has 0 spiro atoms. The van der Waals surface area contributed by atoms with Crippen molar-refractivity contribution in [3.05, 3.63) is 57.0 Å². The normalized spacial score (nSPS) is 14.0. The van der Waals surface area contributed by atoms with Gasteiger partial charge in [0, 0.05) is 28.1 Å². The summed E-state index contributed by atoms with van der Waals surface area (Å²) < 4.78 is 6.33. The summed E-state index contributed by atoms with van der Waals surface area (Å²) in [6.07, 6.45) is 1.45. The Labute approximate surface area is 198 Å². The van der Waals surface area contributed by atoms with Crippen molar-refractivity contribution in [2.24, 2.45) is 5.10 Å². The number of anilines is 4. The first-order chi connectivity index (χ1) is 15.5. The van der Waals surface area contributed by atoms with Crippen molar-refractivity contribution in [2.45, 2.75) is 6.92 Å². The van der Waals surface area contributed by atoms with E-state index in [0.717, 1.165) is 15.7 Å². The van der Waals surface area contributed by atoms with Crippen LogP contribution in [0.3, 0.4) is 0 Å². The van der Waals surface area contributed by atoms with Crippen LogP contribution in [0, 0.1) is 6.92 Å². The van der Waals surface area contributed by atoms with E-state index in [1.165, 1.54) is 12.3 Å². The summed E-state index contributed by atoms with van der Waals surface area (Å²) in [7, 11) is 0. The molecule has 1 fully saturated rings. The number of nitrogens with one attached hydrogen (secondary N) is 2. The number of nitrogens with zero attached hydrogens (tertiary/aromatic N) is 5. The lowest BCUT2D eigenvalue weighted by Gasteiger charge is -2.27. The van der Waals surface area contributed by atoms with Crippen LogP contribution in [0.1, 0.15) is 11.1 Å². The molecule has 4 rings (SSSR count). The maximum absolute atomic E-state index is 9.95. The van der Waals surface area contributed by atoms with Crippen LogP contribution in [-0.4, -0.2) is 52.6 Å². The molecule has 2 heterocycles. The second-order valence-electron chi connectivity index (χ2n) is 7.06. The van der Waals surface area contributed by atoms with Crippen LogP contribution < -0.4 is 15.6 Å². The number of aromatic hydroxyl groups is 1. The molecule has 1 aliphatic rings. The third kappa shape index (κ3) is 5.64. The monoisotopic (exact) mass is 517 g/mol. The lowest BCUT2D eigenvalue weighted by Crippen LogP contribution is -2.37. The van der Waals surface area contributed by atoms with Gasteiger partial charge in [-0.15, -0.1) is 0 Å². The Kier molecular flexibility index (Phi) is 7.03. The Morgan fingerprint density at radius 3 is 2.69 bits per heavy atom. The molecular weight excluding hydrogens is 498 g/mol. The van der Waals surface area contributed by atoms with E-state index >= 15 is 0 Å². The maximum Gasteiger partial charge on any atom is 0.250 e. The third-order valence-electron chi connectivity index (χ3n) is 4.65. The van der Waals surface area contributed by atoms with Crippen molar-refractivity contribution in [1.82, 2.24) is 15.0 Å². The number of rotatable bonds is 6. The molecule has 3 N–H and O–H groups in total. The molecule has 2 aromatic carbocycles. The number of benzene rings is 2. The van der Waals surface area contributed by atoms with Gasteiger partial charge in [-0.25, -0.2) is 5.43 Å². The number of halogens is 2. The van der Waals surface area contributed by atoms with E-state index in [4.69, 9.17) is 16.3 Å². The minimum Gasteiger partial charge on any atom is -0.507 e. The highest BCUT2D eigenvalue weighted by Gasteiger charge is 2.17. The van der Waals surface area contributed by atoms with Gasteiger partial charge >= 0.3 is 0 Å². The van der Waals surface area contributed by atoms with Gasteiger partial charge in [-0.3, -0.25) is 0 Å². The van der Waals surface area contributed by atoms with Crippen molar-refractivity contribution in [3.8, 4) is 5.75 Å². The molecule has 0 bridgehead atoms. The summed E-state index contributed by atoms with van der Waals surface area (Å²) in [6, 6.07) is 10.7. The van der Waals surface area contributed by atoms with E-state index in [1.54, 1.807) is 12.1 Å². The molecule has 1 aromatic heterocycles. The SMILES string of the molecule is Cc1ccc(Nc2nc(N/N=C/c3cc(Cl)ccc3O)nc(N3CCOCC3)n2)c(Br)c1. The quantitative estimate of drug-likeness (QED) is 0.327. The summed E-state index contributed by atoms with van der Waals surface area (Å²) in [4.78, 5) is 15.5. The lowest BCUT2D eigenvalue weighted by atomic mass is 10.2. The van der Waals surface area contributed by atoms with Crippen LogP contribution in [0.15, 0.2) is 46.0 Å². The number of aromatic nitrogens is 3. The van der Waals surface area contributed by atoms with Gasteiger partial charge in [-0.1, -0.05) is 17.7 Å². The first-order valence-corrected chi connectivity index (χ1v) is 11.0. The first-order valence-electron chi connectivity index (χ1n) is 9.87. The molecule has 0 amide bonds. The van der Waals surface area contributed by atoms with Crippen molar-refractivity contribution < 1.29 is 9.84 Å². The molecule has 11 heteroatoms. The first kappa shape index (κ1) is 22.3. The van der Waals surface area contributed by atoms with Gasteiger partial charge in [0.15, 0.2) is 0 Å². The number of aryl methyl sites for hydroxylation is 1. The Hall–Kier alpha value is -2.95. The highest BCUT2D eigenvalue weighted by Crippen LogP contribution is 2.27. The number of morpholine rings is 1. The fourth-order valence-electron chi connectivity index (χ4n) is 3.01. The molecule has 1 saturated heterocycles. The lowest BCUT2D eigenvalue weighted by molar-refractivity contribution is 0.122. The molecule has 32 heavy (non-hydrogen) atoms. The minimum absolute atomic E-state index is 0.0659. The average Bonchev–Trinajstić information content (AvgIpc) is 2.78. The minimum atomic E-state index is 0.0659. The average molecular weight is 519 g/mol. The maximum atomic E-state index is 9.95. The number of ether oxygens (including phenoxy) is 1. The van der Waals surface area contributed by atoms with Gasteiger partial charge in [-0.05, 0) is 58.7 Å². The molecule has 1 aliphatic heterocycles. The van der Waals surface area contributed by atoms with Crippen LogP contribution in [-0.2, 0) is 4.74 Å². The zero-order chi connectivity index (χ0) is 22.5. The van der Waals surface area contributed by atoms with Gasteiger partial charge in [0.2, 0.25) is 17.8 Å². The molecular formula is C21H21BrClN7O2.